The van der Waals surface area contributed by atoms with Crippen molar-refractivity contribution in [3.8, 4) is 11.1 Å². The lowest BCUT2D eigenvalue weighted by molar-refractivity contribution is 0.599. The summed E-state index contributed by atoms with van der Waals surface area (Å²) >= 11 is 8.87. The maximum Gasteiger partial charge on any atom is 0.212 e. The minimum atomic E-state index is -0.310. The van der Waals surface area contributed by atoms with Crippen LogP contribution in [0.4, 0.5) is 15.2 Å². The van der Waals surface area contributed by atoms with Gasteiger partial charge in [0.2, 0.25) is 5.13 Å². The van der Waals surface area contributed by atoms with Gasteiger partial charge in [-0.2, -0.15) is 9.47 Å². The van der Waals surface area contributed by atoms with Gasteiger partial charge in [-0.15, -0.1) is 0 Å². The minimum Gasteiger partial charge on any atom is -0.367 e. The van der Waals surface area contributed by atoms with Gasteiger partial charge in [-0.3, -0.25) is 4.45 Å². The average molecular weight is 505 g/mol. The number of fused-ring (bicyclic) bond motifs is 1. The van der Waals surface area contributed by atoms with Gasteiger partial charge < -0.3 is 9.62 Å². The fraction of sp³-hybridized carbons (Fsp3) is 0.190. The van der Waals surface area contributed by atoms with E-state index in [9.17, 15) is 4.39 Å². The van der Waals surface area contributed by atoms with Crippen molar-refractivity contribution in [2.24, 2.45) is 0 Å². The molecule has 1 aliphatic rings. The van der Waals surface area contributed by atoms with Gasteiger partial charge in [0.25, 0.3) is 0 Å². The second kappa shape index (κ2) is 9.35. The van der Waals surface area contributed by atoms with E-state index in [1.807, 2.05) is 10.6 Å². The highest BCUT2D eigenvalue weighted by molar-refractivity contribution is 8.00. The van der Waals surface area contributed by atoms with Crippen molar-refractivity contribution >= 4 is 54.6 Å². The molecule has 0 spiro atoms. The molecule has 1 N–H and O–H groups in total. The molecule has 1 atom stereocenters. The molecule has 32 heavy (non-hydrogen) atoms. The molecule has 2 aromatic heterocycles. The predicted molar refractivity (Wildman–Crippen MR) is 133 cm³/mol. The molecule has 6 nitrogen and oxygen atoms in total. The SMILES string of the molecule is CPn1cc(-c2ccc3c(c2)CCN3Cc2cc(F)c(SNc3ncns3)cc2Cl)cn1. The fourth-order valence-corrected chi connectivity index (χ4v) is 5.57. The van der Waals surface area contributed by atoms with Gasteiger partial charge in [-0.1, -0.05) is 17.7 Å². The Hall–Kier alpha value is -2.19. The summed E-state index contributed by atoms with van der Waals surface area (Å²) < 4.78 is 23.6. The highest BCUT2D eigenvalue weighted by Gasteiger charge is 2.21. The first-order chi connectivity index (χ1) is 15.6. The fourth-order valence-electron chi connectivity index (χ4n) is 3.70. The van der Waals surface area contributed by atoms with E-state index in [0.29, 0.717) is 30.3 Å². The third-order valence-corrected chi connectivity index (χ3v) is 7.88. The van der Waals surface area contributed by atoms with Crippen LogP contribution in [0.2, 0.25) is 5.02 Å². The standard InChI is InChI=1S/C21H19ClFN6PS2/c1-30-29-11-16(9-25-29)13-2-3-19-14(6-13)4-5-28(19)10-15-7-18(23)20(8-17(15)22)31-27-21-24-12-26-32-21/h2-3,6-9,11-12,30H,4-5,10H2,1H3,(H,24,26,27). The van der Waals surface area contributed by atoms with E-state index in [1.165, 1.54) is 40.7 Å². The monoisotopic (exact) mass is 504 g/mol. The molecule has 0 radical (unpaired) electrons. The smallest absolute Gasteiger partial charge is 0.212 e. The lowest BCUT2D eigenvalue weighted by atomic mass is 10.0. The molecule has 1 aliphatic heterocycles. The van der Waals surface area contributed by atoms with E-state index in [0.717, 1.165) is 36.0 Å². The molecule has 0 fully saturated rings. The third-order valence-electron chi connectivity index (χ3n) is 5.29. The van der Waals surface area contributed by atoms with E-state index in [1.54, 1.807) is 6.07 Å². The van der Waals surface area contributed by atoms with Crippen LogP contribution in [0.1, 0.15) is 11.1 Å². The second-order valence-electron chi connectivity index (χ2n) is 7.24. The number of nitrogens with zero attached hydrogens (tertiary/aromatic N) is 5. The molecule has 2 aromatic carbocycles. The molecular weight excluding hydrogens is 486 g/mol. The Kier molecular flexibility index (Phi) is 6.33. The molecule has 1 unspecified atom stereocenters. The van der Waals surface area contributed by atoms with Crippen LogP contribution in [0.3, 0.4) is 0 Å². The van der Waals surface area contributed by atoms with E-state index >= 15 is 0 Å². The molecule has 164 valence electrons. The summed E-state index contributed by atoms with van der Waals surface area (Å²) in [5, 5.41) is 5.55. The number of hydrogen-bond acceptors (Lipinski definition) is 7. The number of hydrogen-bond donors (Lipinski definition) is 1. The van der Waals surface area contributed by atoms with Gasteiger partial charge in [0.15, 0.2) is 0 Å². The first-order valence-corrected chi connectivity index (χ1v) is 13.3. The number of aromatic nitrogens is 4. The van der Waals surface area contributed by atoms with E-state index < -0.39 is 0 Å². The molecule has 0 saturated heterocycles. The largest absolute Gasteiger partial charge is 0.367 e. The minimum absolute atomic E-state index is 0.310. The van der Waals surface area contributed by atoms with Gasteiger partial charge in [0, 0.05) is 47.1 Å². The summed E-state index contributed by atoms with van der Waals surface area (Å²) in [4.78, 5) is 6.71. The lowest BCUT2D eigenvalue weighted by Gasteiger charge is -2.21. The number of nitrogens with one attached hydrogen (secondary N) is 1. The number of benzene rings is 2. The molecule has 0 bridgehead atoms. The highest BCUT2D eigenvalue weighted by Crippen LogP contribution is 2.36. The molecule has 11 heteroatoms. The van der Waals surface area contributed by atoms with Crippen molar-refractivity contribution in [2.45, 2.75) is 17.9 Å². The van der Waals surface area contributed by atoms with Crippen molar-refractivity contribution in [3.05, 3.63) is 71.0 Å². The Labute approximate surface area is 200 Å². The molecule has 5 rings (SSSR count). The van der Waals surface area contributed by atoms with Crippen molar-refractivity contribution in [1.82, 2.24) is 18.9 Å². The van der Waals surface area contributed by atoms with Crippen LogP contribution in [-0.4, -0.2) is 32.1 Å². The molecule has 4 aromatic rings. The third kappa shape index (κ3) is 4.48. The molecular formula is C21H19ClFN6PS2. The van der Waals surface area contributed by atoms with Crippen LogP contribution in [0.25, 0.3) is 11.1 Å². The first kappa shape index (κ1) is 21.6. The number of anilines is 2. The highest BCUT2D eigenvalue weighted by atomic mass is 35.5. The van der Waals surface area contributed by atoms with Crippen LogP contribution < -0.4 is 9.62 Å². The summed E-state index contributed by atoms with van der Waals surface area (Å²) in [5.74, 6) is -0.310. The maximum absolute atomic E-state index is 14.7. The van der Waals surface area contributed by atoms with Crippen molar-refractivity contribution in [3.63, 3.8) is 0 Å². The topological polar surface area (TPSA) is 58.9 Å². The summed E-state index contributed by atoms with van der Waals surface area (Å²) in [6.07, 6.45) is 6.39. The Bertz CT molecular complexity index is 1250. The van der Waals surface area contributed by atoms with Crippen LogP contribution in [-0.2, 0) is 13.0 Å². The predicted octanol–water partition coefficient (Wildman–Crippen LogP) is 5.95. The summed E-state index contributed by atoms with van der Waals surface area (Å²) in [6.45, 7) is 3.54. The van der Waals surface area contributed by atoms with Crippen molar-refractivity contribution in [2.75, 3.05) is 22.8 Å². The Balaban J connectivity index is 1.31. The van der Waals surface area contributed by atoms with Crippen LogP contribution in [0, 0.1) is 5.82 Å². The van der Waals surface area contributed by atoms with Gasteiger partial charge >= 0.3 is 0 Å². The number of rotatable bonds is 7. The zero-order chi connectivity index (χ0) is 22.1. The van der Waals surface area contributed by atoms with Crippen molar-refractivity contribution in [1.29, 1.82) is 0 Å². The van der Waals surface area contributed by atoms with Gasteiger partial charge in [-0.05, 0) is 74.7 Å². The Morgan fingerprint density at radius 3 is 2.97 bits per heavy atom. The van der Waals surface area contributed by atoms with Gasteiger partial charge in [-0.25, -0.2) is 9.37 Å². The normalized spacial score (nSPS) is 13.3. The molecule has 0 saturated carbocycles. The molecule has 0 amide bonds. The summed E-state index contributed by atoms with van der Waals surface area (Å²) in [5.41, 5.74) is 5.53. The maximum atomic E-state index is 14.7. The van der Waals surface area contributed by atoms with Crippen LogP contribution in [0.15, 0.2) is 53.9 Å². The van der Waals surface area contributed by atoms with Gasteiger partial charge in [0.05, 0.1) is 11.1 Å². The second-order valence-corrected chi connectivity index (χ2v) is 10.2. The quantitative estimate of drug-likeness (QED) is 0.248. The van der Waals surface area contributed by atoms with E-state index in [2.05, 4.69) is 55.1 Å². The number of halogens is 2. The summed E-state index contributed by atoms with van der Waals surface area (Å²) in [7, 11) is 0.617. The van der Waals surface area contributed by atoms with Crippen LogP contribution >= 0.6 is 43.8 Å². The van der Waals surface area contributed by atoms with Crippen LogP contribution in [0.5, 0.6) is 0 Å². The Morgan fingerprint density at radius 1 is 1.28 bits per heavy atom. The zero-order valence-electron chi connectivity index (χ0n) is 17.0. The Morgan fingerprint density at radius 2 is 2.19 bits per heavy atom. The van der Waals surface area contributed by atoms with E-state index in [4.69, 9.17) is 11.6 Å². The lowest BCUT2D eigenvalue weighted by Crippen LogP contribution is -2.20. The van der Waals surface area contributed by atoms with Gasteiger partial charge in [0.1, 0.15) is 12.1 Å². The van der Waals surface area contributed by atoms with Crippen molar-refractivity contribution < 1.29 is 4.39 Å². The molecule has 3 heterocycles. The first-order valence-electron chi connectivity index (χ1n) is 9.89. The summed E-state index contributed by atoms with van der Waals surface area (Å²) in [6, 6.07) is 9.69. The average Bonchev–Trinajstić information content (AvgIpc) is 3.56. The van der Waals surface area contributed by atoms with E-state index in [-0.39, 0.29) is 5.82 Å². The molecule has 0 aliphatic carbocycles. The zero-order valence-corrected chi connectivity index (χ0v) is 20.4.